The first-order chi connectivity index (χ1) is 10.3. The Labute approximate surface area is 154 Å². The van der Waals surface area contributed by atoms with Gasteiger partial charge in [-0.3, -0.25) is 9.89 Å². The van der Waals surface area contributed by atoms with Crippen LogP contribution in [0.15, 0.2) is 16.4 Å². The molecule has 1 aromatic rings. The molecule has 0 aliphatic carbocycles. The Kier molecular flexibility index (Phi) is 10.0. The van der Waals surface area contributed by atoms with E-state index in [0.29, 0.717) is 6.61 Å². The summed E-state index contributed by atoms with van der Waals surface area (Å²) in [5.41, 5.74) is 1.50. The number of guanidine groups is 1. The molecule has 0 unspecified atom stereocenters. The third-order valence-corrected chi connectivity index (χ3v) is 4.54. The number of hydrogen-bond acceptors (Lipinski definition) is 4. The maximum Gasteiger partial charge on any atom is 0.191 e. The minimum Gasteiger partial charge on any atom is -0.383 e. The Morgan fingerprint density at radius 3 is 3.09 bits per heavy atom. The summed E-state index contributed by atoms with van der Waals surface area (Å²) < 4.78 is 5.04. The van der Waals surface area contributed by atoms with Crippen LogP contribution in [0.4, 0.5) is 0 Å². The van der Waals surface area contributed by atoms with Crippen LogP contribution in [0.25, 0.3) is 0 Å². The van der Waals surface area contributed by atoms with E-state index < -0.39 is 0 Å². The van der Waals surface area contributed by atoms with E-state index in [9.17, 15) is 0 Å². The second-order valence-corrected chi connectivity index (χ2v) is 6.08. The van der Waals surface area contributed by atoms with Gasteiger partial charge in [0.1, 0.15) is 0 Å². The maximum atomic E-state index is 5.04. The zero-order valence-corrected chi connectivity index (χ0v) is 16.6. The molecule has 0 radical (unpaired) electrons. The van der Waals surface area contributed by atoms with Gasteiger partial charge in [-0.25, -0.2) is 0 Å². The van der Waals surface area contributed by atoms with Crippen molar-refractivity contribution in [2.75, 3.05) is 46.4 Å². The van der Waals surface area contributed by atoms with Gasteiger partial charge in [-0.15, -0.1) is 35.3 Å². The van der Waals surface area contributed by atoms with Gasteiger partial charge in [-0.05, 0) is 30.4 Å². The minimum absolute atomic E-state index is 0. The van der Waals surface area contributed by atoms with E-state index >= 15 is 0 Å². The van der Waals surface area contributed by atoms with Crippen LogP contribution in [0.2, 0.25) is 0 Å². The number of rotatable bonds is 7. The third kappa shape index (κ3) is 6.39. The first kappa shape index (κ1) is 19.7. The molecule has 2 rings (SSSR count). The van der Waals surface area contributed by atoms with Crippen LogP contribution in [0.5, 0.6) is 0 Å². The Hall–Kier alpha value is -0.380. The smallest absolute Gasteiger partial charge is 0.191 e. The Morgan fingerprint density at radius 2 is 2.32 bits per heavy atom. The first-order valence-corrected chi connectivity index (χ1v) is 8.50. The number of thiophene rings is 1. The van der Waals surface area contributed by atoms with Crippen LogP contribution < -0.4 is 10.6 Å². The molecule has 0 fully saturated rings. The predicted octanol–water partition coefficient (Wildman–Crippen LogP) is 1.93. The Balaban J connectivity index is 0.00000242. The molecule has 0 bridgehead atoms. The molecule has 126 valence electrons. The lowest BCUT2D eigenvalue weighted by molar-refractivity contribution is 0.203. The normalized spacial score (nSPS) is 15.1. The van der Waals surface area contributed by atoms with Gasteiger partial charge in [0.25, 0.3) is 0 Å². The average molecular weight is 438 g/mol. The largest absolute Gasteiger partial charge is 0.383 e. The first-order valence-electron chi connectivity index (χ1n) is 7.62. The maximum absolute atomic E-state index is 5.04. The summed E-state index contributed by atoms with van der Waals surface area (Å²) in [5, 5.41) is 8.73. The number of halogens is 1. The van der Waals surface area contributed by atoms with Crippen molar-refractivity contribution < 1.29 is 4.74 Å². The van der Waals surface area contributed by atoms with Gasteiger partial charge in [-0.1, -0.05) is 0 Å². The highest BCUT2D eigenvalue weighted by Crippen LogP contribution is 2.23. The van der Waals surface area contributed by atoms with Crippen LogP contribution in [0, 0.1) is 0 Å². The van der Waals surface area contributed by atoms with E-state index in [1.807, 2.05) is 11.3 Å². The average Bonchev–Trinajstić information content (AvgIpc) is 2.95. The number of nitrogens with one attached hydrogen (secondary N) is 2. The lowest BCUT2D eigenvalue weighted by Gasteiger charge is -2.26. The van der Waals surface area contributed by atoms with Crippen molar-refractivity contribution in [2.45, 2.75) is 19.9 Å². The topological polar surface area (TPSA) is 48.9 Å². The molecule has 2 N–H and O–H groups in total. The molecule has 2 heterocycles. The molecule has 5 nitrogen and oxygen atoms in total. The molecule has 0 aromatic carbocycles. The van der Waals surface area contributed by atoms with Gasteiger partial charge < -0.3 is 15.4 Å². The fourth-order valence-electron chi connectivity index (χ4n) is 2.41. The molecule has 0 atom stereocenters. The summed E-state index contributed by atoms with van der Waals surface area (Å²) in [7, 11) is 1.71. The molecule has 0 saturated heterocycles. The van der Waals surface area contributed by atoms with Gasteiger partial charge in [0, 0.05) is 44.7 Å². The molecule has 0 amide bonds. The van der Waals surface area contributed by atoms with E-state index in [-0.39, 0.29) is 24.0 Å². The summed E-state index contributed by atoms with van der Waals surface area (Å²) in [5.74, 6) is 0.878. The highest BCUT2D eigenvalue weighted by Gasteiger charge is 2.16. The SMILES string of the molecule is CCNC(=NCCN1CCc2sccc2C1)NCCOC.I. The minimum atomic E-state index is 0. The zero-order valence-electron chi connectivity index (χ0n) is 13.4. The summed E-state index contributed by atoms with van der Waals surface area (Å²) in [4.78, 5) is 8.67. The van der Waals surface area contributed by atoms with E-state index in [1.54, 1.807) is 12.0 Å². The molecule has 0 spiro atoms. The molecule has 22 heavy (non-hydrogen) atoms. The van der Waals surface area contributed by atoms with Crippen molar-refractivity contribution in [3.8, 4) is 0 Å². The molecule has 1 aliphatic heterocycles. The van der Waals surface area contributed by atoms with Gasteiger partial charge in [0.15, 0.2) is 5.96 Å². The third-order valence-electron chi connectivity index (χ3n) is 3.52. The van der Waals surface area contributed by atoms with Crippen molar-refractivity contribution >= 4 is 41.3 Å². The van der Waals surface area contributed by atoms with Crippen LogP contribution in [0.1, 0.15) is 17.4 Å². The van der Waals surface area contributed by atoms with Gasteiger partial charge in [-0.2, -0.15) is 0 Å². The zero-order chi connectivity index (χ0) is 14.9. The molecule has 1 aliphatic rings. The fraction of sp³-hybridized carbons (Fsp3) is 0.667. The summed E-state index contributed by atoms with van der Waals surface area (Å²) in [6.07, 6.45) is 1.18. The summed E-state index contributed by atoms with van der Waals surface area (Å²) >= 11 is 1.89. The second-order valence-electron chi connectivity index (χ2n) is 5.08. The molecular weight excluding hydrogens is 411 g/mol. The Bertz CT molecular complexity index is 453. The molecule has 1 aromatic heterocycles. The van der Waals surface area contributed by atoms with Crippen molar-refractivity contribution in [3.63, 3.8) is 0 Å². The summed E-state index contributed by atoms with van der Waals surface area (Å²) in [6.45, 7) is 8.48. The fourth-order valence-corrected chi connectivity index (χ4v) is 3.30. The molecule has 7 heteroatoms. The number of fused-ring (bicyclic) bond motifs is 1. The number of ether oxygens (including phenoxy) is 1. The highest BCUT2D eigenvalue weighted by atomic mass is 127. The number of nitrogens with zero attached hydrogens (tertiary/aromatic N) is 2. The van der Waals surface area contributed by atoms with E-state index in [1.165, 1.54) is 12.0 Å². The van der Waals surface area contributed by atoms with Crippen LogP contribution in [0.3, 0.4) is 0 Å². The van der Waals surface area contributed by atoms with E-state index in [2.05, 4.69) is 38.9 Å². The lowest BCUT2D eigenvalue weighted by atomic mass is 10.1. The van der Waals surface area contributed by atoms with Gasteiger partial charge >= 0.3 is 0 Å². The monoisotopic (exact) mass is 438 g/mol. The number of aliphatic imine (C=N–C) groups is 1. The Morgan fingerprint density at radius 1 is 1.45 bits per heavy atom. The van der Waals surface area contributed by atoms with Crippen LogP contribution in [-0.2, 0) is 17.7 Å². The molecular formula is C15H27IN4OS. The lowest BCUT2D eigenvalue weighted by Crippen LogP contribution is -2.39. The standard InChI is InChI=1S/C15H26N4OS.HI/c1-3-16-15(18-7-10-20-2)17-6-9-19-8-4-14-13(12-19)5-11-21-14;/h5,11H,3-4,6-10,12H2,1-2H3,(H2,16,17,18);1H. The van der Waals surface area contributed by atoms with Crippen molar-refractivity contribution in [2.24, 2.45) is 4.99 Å². The second kappa shape index (κ2) is 11.2. The van der Waals surface area contributed by atoms with Crippen molar-refractivity contribution in [1.29, 1.82) is 0 Å². The van der Waals surface area contributed by atoms with Gasteiger partial charge in [0.2, 0.25) is 0 Å². The van der Waals surface area contributed by atoms with Crippen LogP contribution in [-0.4, -0.2) is 57.3 Å². The highest BCUT2D eigenvalue weighted by molar-refractivity contribution is 14.0. The van der Waals surface area contributed by atoms with Crippen molar-refractivity contribution in [1.82, 2.24) is 15.5 Å². The summed E-state index contributed by atoms with van der Waals surface area (Å²) in [6, 6.07) is 2.26. The van der Waals surface area contributed by atoms with Crippen molar-refractivity contribution in [3.05, 3.63) is 21.9 Å². The van der Waals surface area contributed by atoms with Crippen LogP contribution >= 0.6 is 35.3 Å². The number of hydrogen-bond donors (Lipinski definition) is 2. The predicted molar refractivity (Wildman–Crippen MR) is 105 cm³/mol. The molecule has 0 saturated carbocycles. The quantitative estimate of drug-likeness (QED) is 0.296. The number of methoxy groups -OCH3 is 1. The van der Waals surface area contributed by atoms with Gasteiger partial charge in [0.05, 0.1) is 13.2 Å². The van der Waals surface area contributed by atoms with E-state index in [0.717, 1.165) is 45.2 Å². The van der Waals surface area contributed by atoms with E-state index in [4.69, 9.17) is 4.74 Å².